The predicted molar refractivity (Wildman–Crippen MR) is 80.7 cm³/mol. The molecule has 0 aliphatic carbocycles. The topological polar surface area (TPSA) is 48.6 Å². The van der Waals surface area contributed by atoms with E-state index in [4.69, 9.17) is 23.2 Å². The Morgan fingerprint density at radius 1 is 1.26 bits per heavy atom. The van der Waals surface area contributed by atoms with Crippen LogP contribution in [0, 0.1) is 6.92 Å². The number of halogens is 2. The molecule has 2 aromatic heterocycles. The zero-order valence-electron chi connectivity index (χ0n) is 9.96. The summed E-state index contributed by atoms with van der Waals surface area (Å²) in [5.41, 5.74) is 3.24. The maximum absolute atomic E-state index is 11.2. The molecule has 1 aromatic carbocycles. The highest BCUT2D eigenvalue weighted by molar-refractivity contribution is 7.11. The summed E-state index contributed by atoms with van der Waals surface area (Å²) in [4.78, 5) is 17.6. The van der Waals surface area contributed by atoms with Gasteiger partial charge >= 0.3 is 5.69 Å². The lowest BCUT2D eigenvalue weighted by molar-refractivity contribution is 1.18. The molecule has 0 aliphatic rings. The van der Waals surface area contributed by atoms with Crippen molar-refractivity contribution in [2.24, 2.45) is 0 Å². The van der Waals surface area contributed by atoms with Crippen molar-refractivity contribution in [3.8, 4) is 0 Å². The molecule has 2 heterocycles. The van der Waals surface area contributed by atoms with E-state index in [9.17, 15) is 4.79 Å². The molecule has 0 spiro atoms. The summed E-state index contributed by atoms with van der Waals surface area (Å²) in [6.45, 7) is 1.96. The first-order valence-corrected chi connectivity index (χ1v) is 7.35. The second kappa shape index (κ2) is 4.71. The second-order valence-corrected chi connectivity index (χ2v) is 6.07. The Bertz CT molecular complexity index is 802. The van der Waals surface area contributed by atoms with Crippen LogP contribution in [-0.2, 0) is 0 Å². The molecular weight excluding hydrogens is 303 g/mol. The van der Waals surface area contributed by atoms with E-state index in [1.165, 1.54) is 0 Å². The molecule has 0 bridgehead atoms. The standard InChI is InChI=1S/C13H10Cl2N2OS/c1-6-5-19-12(10(6)14)11(15)7-2-3-8-9(4-7)17-13(18)16-8/h2-5,11H,1H3,(H2,16,17,18). The van der Waals surface area contributed by atoms with Crippen molar-refractivity contribution < 1.29 is 0 Å². The molecular formula is C13H10Cl2N2OS. The average Bonchev–Trinajstić information content (AvgIpc) is 2.91. The zero-order chi connectivity index (χ0) is 13.6. The number of fused-ring (bicyclic) bond motifs is 1. The number of aromatic amines is 2. The molecule has 1 unspecified atom stereocenters. The van der Waals surface area contributed by atoms with Crippen molar-refractivity contribution in [2.75, 3.05) is 0 Å². The molecule has 0 amide bonds. The van der Waals surface area contributed by atoms with E-state index in [-0.39, 0.29) is 11.1 Å². The van der Waals surface area contributed by atoms with E-state index in [0.29, 0.717) is 5.02 Å². The number of alkyl halides is 1. The maximum atomic E-state index is 11.2. The highest BCUT2D eigenvalue weighted by atomic mass is 35.5. The highest BCUT2D eigenvalue weighted by Gasteiger charge is 2.18. The van der Waals surface area contributed by atoms with E-state index in [1.807, 2.05) is 30.5 Å². The molecule has 98 valence electrons. The smallest absolute Gasteiger partial charge is 0.306 e. The molecule has 3 nitrogen and oxygen atoms in total. The molecule has 2 N–H and O–H groups in total. The van der Waals surface area contributed by atoms with Gasteiger partial charge in [-0.2, -0.15) is 0 Å². The molecule has 0 saturated heterocycles. The maximum Gasteiger partial charge on any atom is 0.323 e. The van der Waals surface area contributed by atoms with Gasteiger partial charge in [0.05, 0.1) is 21.4 Å². The van der Waals surface area contributed by atoms with Crippen LogP contribution in [-0.4, -0.2) is 9.97 Å². The first-order chi connectivity index (χ1) is 9.06. The fourth-order valence-electron chi connectivity index (χ4n) is 1.98. The fourth-order valence-corrected chi connectivity index (χ4v) is 3.74. The van der Waals surface area contributed by atoms with Crippen LogP contribution in [0.4, 0.5) is 0 Å². The van der Waals surface area contributed by atoms with Crippen LogP contribution in [0.3, 0.4) is 0 Å². The lowest BCUT2D eigenvalue weighted by Gasteiger charge is -2.08. The number of thiophene rings is 1. The number of hydrogen-bond acceptors (Lipinski definition) is 2. The van der Waals surface area contributed by atoms with Crippen LogP contribution < -0.4 is 5.69 Å². The van der Waals surface area contributed by atoms with Gasteiger partial charge in [0.2, 0.25) is 0 Å². The zero-order valence-corrected chi connectivity index (χ0v) is 12.3. The van der Waals surface area contributed by atoms with Crippen molar-refractivity contribution in [3.05, 3.63) is 55.1 Å². The number of aryl methyl sites for hydroxylation is 1. The van der Waals surface area contributed by atoms with Crippen LogP contribution >= 0.6 is 34.5 Å². The summed E-state index contributed by atoms with van der Waals surface area (Å²) in [7, 11) is 0. The van der Waals surface area contributed by atoms with Crippen LogP contribution in [0.25, 0.3) is 11.0 Å². The molecule has 0 fully saturated rings. The number of aromatic nitrogens is 2. The average molecular weight is 313 g/mol. The molecule has 1 atom stereocenters. The number of nitrogens with one attached hydrogen (secondary N) is 2. The predicted octanol–water partition coefficient (Wildman–Crippen LogP) is 4.21. The van der Waals surface area contributed by atoms with Crippen molar-refractivity contribution >= 4 is 45.6 Å². The van der Waals surface area contributed by atoms with Crippen molar-refractivity contribution in [2.45, 2.75) is 12.3 Å². The van der Waals surface area contributed by atoms with Crippen LogP contribution in [0.15, 0.2) is 28.4 Å². The minimum atomic E-state index is -0.311. The Morgan fingerprint density at radius 2 is 2.00 bits per heavy atom. The first-order valence-electron chi connectivity index (χ1n) is 5.66. The monoisotopic (exact) mass is 312 g/mol. The lowest BCUT2D eigenvalue weighted by Crippen LogP contribution is -1.99. The quantitative estimate of drug-likeness (QED) is 0.684. The molecule has 19 heavy (non-hydrogen) atoms. The summed E-state index contributed by atoms with van der Waals surface area (Å²) in [5.74, 6) is 0. The Balaban J connectivity index is 2.08. The van der Waals surface area contributed by atoms with Crippen LogP contribution in [0.2, 0.25) is 5.02 Å². The van der Waals surface area contributed by atoms with Gasteiger partial charge in [0.25, 0.3) is 0 Å². The van der Waals surface area contributed by atoms with Gasteiger partial charge in [0.1, 0.15) is 0 Å². The van der Waals surface area contributed by atoms with E-state index in [0.717, 1.165) is 27.0 Å². The van der Waals surface area contributed by atoms with Gasteiger partial charge in [0.15, 0.2) is 0 Å². The molecule has 6 heteroatoms. The number of hydrogen-bond donors (Lipinski definition) is 2. The van der Waals surface area contributed by atoms with E-state index < -0.39 is 0 Å². The van der Waals surface area contributed by atoms with Crippen molar-refractivity contribution in [1.29, 1.82) is 0 Å². The van der Waals surface area contributed by atoms with Gasteiger partial charge in [-0.15, -0.1) is 22.9 Å². The lowest BCUT2D eigenvalue weighted by atomic mass is 10.1. The molecule has 3 aromatic rings. The number of H-pyrrole nitrogens is 2. The number of rotatable bonds is 2. The minimum Gasteiger partial charge on any atom is -0.306 e. The Hall–Kier alpha value is -1.23. The minimum absolute atomic E-state index is 0.219. The van der Waals surface area contributed by atoms with E-state index >= 15 is 0 Å². The summed E-state index contributed by atoms with van der Waals surface area (Å²) < 4.78 is 0. The van der Waals surface area contributed by atoms with Crippen molar-refractivity contribution in [3.63, 3.8) is 0 Å². The van der Waals surface area contributed by atoms with Crippen LogP contribution in [0.5, 0.6) is 0 Å². The Labute approximate surface area is 123 Å². The largest absolute Gasteiger partial charge is 0.323 e. The van der Waals surface area contributed by atoms with Gasteiger partial charge in [-0.05, 0) is 35.6 Å². The third kappa shape index (κ3) is 2.20. The number of imidazole rings is 1. The van der Waals surface area contributed by atoms with Gasteiger partial charge in [0, 0.05) is 4.88 Å². The third-order valence-electron chi connectivity index (χ3n) is 2.99. The SMILES string of the molecule is Cc1csc(C(Cl)c2ccc3[nH]c(=O)[nH]c3c2)c1Cl. The van der Waals surface area contributed by atoms with E-state index in [2.05, 4.69) is 9.97 Å². The van der Waals surface area contributed by atoms with Gasteiger partial charge in [-0.25, -0.2) is 4.79 Å². The highest BCUT2D eigenvalue weighted by Crippen LogP contribution is 2.39. The van der Waals surface area contributed by atoms with Crippen molar-refractivity contribution in [1.82, 2.24) is 9.97 Å². The van der Waals surface area contributed by atoms with Gasteiger partial charge in [-0.3, -0.25) is 0 Å². The summed E-state index contributed by atoms with van der Waals surface area (Å²) in [5, 5.41) is 2.39. The molecule has 3 rings (SSSR count). The summed E-state index contributed by atoms with van der Waals surface area (Å²) in [6, 6.07) is 5.61. The summed E-state index contributed by atoms with van der Waals surface area (Å²) in [6.07, 6.45) is 0. The molecule has 0 aliphatic heterocycles. The Kier molecular flexibility index (Phi) is 3.17. The van der Waals surface area contributed by atoms with E-state index in [1.54, 1.807) is 11.3 Å². The molecule has 0 radical (unpaired) electrons. The fraction of sp³-hybridized carbons (Fsp3) is 0.154. The third-order valence-corrected chi connectivity index (χ3v) is 5.37. The summed E-state index contributed by atoms with van der Waals surface area (Å²) >= 11 is 14.3. The Morgan fingerprint density at radius 3 is 2.68 bits per heavy atom. The first kappa shape index (κ1) is 12.8. The van der Waals surface area contributed by atoms with Gasteiger partial charge < -0.3 is 9.97 Å². The second-order valence-electron chi connectivity index (χ2n) is 4.34. The number of benzene rings is 1. The molecule has 0 saturated carbocycles. The van der Waals surface area contributed by atoms with Crippen LogP contribution in [0.1, 0.15) is 21.4 Å². The normalized spacial score (nSPS) is 13.0. The van der Waals surface area contributed by atoms with Gasteiger partial charge in [-0.1, -0.05) is 17.7 Å².